The van der Waals surface area contributed by atoms with Crippen LogP contribution in [0.1, 0.15) is 12.8 Å². The molecule has 1 amide bonds. The normalized spacial score (nSPS) is 18.8. The van der Waals surface area contributed by atoms with E-state index in [1.807, 2.05) is 12.3 Å². The molecule has 0 bridgehead atoms. The molecule has 1 aliphatic heterocycles. The molecule has 6 nitrogen and oxygen atoms in total. The lowest BCUT2D eigenvalue weighted by Gasteiger charge is -2.32. The average Bonchev–Trinajstić information content (AvgIpc) is 2.98. The van der Waals surface area contributed by atoms with Crippen molar-refractivity contribution in [3.63, 3.8) is 0 Å². The Labute approximate surface area is 127 Å². The second kappa shape index (κ2) is 5.81. The van der Waals surface area contributed by atoms with Gasteiger partial charge in [0.15, 0.2) is 0 Å². The van der Waals surface area contributed by atoms with Gasteiger partial charge in [-0.3, -0.25) is 0 Å². The maximum absolute atomic E-state index is 11.6. The third kappa shape index (κ3) is 2.76. The van der Waals surface area contributed by atoms with E-state index in [-0.39, 0.29) is 12.1 Å². The summed E-state index contributed by atoms with van der Waals surface area (Å²) in [6.07, 6.45) is 5.10. The Morgan fingerprint density at radius 1 is 1.62 bits per heavy atom. The van der Waals surface area contributed by atoms with E-state index in [0.717, 1.165) is 36.1 Å². The summed E-state index contributed by atoms with van der Waals surface area (Å²) in [5.41, 5.74) is 1.65. The number of rotatable bonds is 2. The third-order valence-corrected chi connectivity index (χ3v) is 4.03. The maximum atomic E-state index is 11.6. The number of fused-ring (bicyclic) bond motifs is 1. The monoisotopic (exact) mass is 308 g/mol. The van der Waals surface area contributed by atoms with Gasteiger partial charge in [0.05, 0.1) is 24.0 Å². The molecule has 7 heteroatoms. The number of amides is 1. The summed E-state index contributed by atoms with van der Waals surface area (Å²) < 4.78 is 4.79. The van der Waals surface area contributed by atoms with Crippen LogP contribution in [0.4, 0.5) is 10.5 Å². The molecule has 3 rings (SSSR count). The smallest absolute Gasteiger partial charge is 0.409 e. The molecule has 112 valence electrons. The predicted molar refractivity (Wildman–Crippen MR) is 81.7 cm³/mol. The van der Waals surface area contributed by atoms with Gasteiger partial charge in [-0.15, -0.1) is 0 Å². The molecule has 2 aromatic rings. The van der Waals surface area contributed by atoms with Gasteiger partial charge < -0.3 is 19.9 Å². The Kier molecular flexibility index (Phi) is 3.88. The molecule has 2 aromatic heterocycles. The zero-order chi connectivity index (χ0) is 14.8. The zero-order valence-corrected chi connectivity index (χ0v) is 12.5. The van der Waals surface area contributed by atoms with E-state index in [9.17, 15) is 4.79 Å². The number of nitrogens with one attached hydrogen (secondary N) is 2. The van der Waals surface area contributed by atoms with Gasteiger partial charge >= 0.3 is 6.09 Å². The number of carbonyl (C=O) groups excluding carboxylic acids is 1. The fourth-order valence-corrected chi connectivity index (χ4v) is 2.93. The van der Waals surface area contributed by atoms with Crippen molar-refractivity contribution in [1.29, 1.82) is 0 Å². The summed E-state index contributed by atoms with van der Waals surface area (Å²) in [5, 5.41) is 4.98. The van der Waals surface area contributed by atoms with Gasteiger partial charge in [-0.2, -0.15) is 0 Å². The predicted octanol–water partition coefficient (Wildman–Crippen LogP) is 2.86. The van der Waals surface area contributed by atoms with Gasteiger partial charge in [0.2, 0.25) is 0 Å². The van der Waals surface area contributed by atoms with Crippen LogP contribution in [0.5, 0.6) is 0 Å². The van der Waals surface area contributed by atoms with Crippen molar-refractivity contribution in [3.8, 4) is 0 Å². The molecular weight excluding hydrogens is 292 g/mol. The number of nitrogens with zero attached hydrogens (tertiary/aromatic N) is 2. The molecule has 0 aromatic carbocycles. The minimum Gasteiger partial charge on any atom is -0.453 e. The number of anilines is 1. The highest BCUT2D eigenvalue weighted by Gasteiger charge is 2.25. The number of likely N-dealkylation sites (tertiary alicyclic amines) is 1. The van der Waals surface area contributed by atoms with Gasteiger partial charge in [0.25, 0.3) is 0 Å². The van der Waals surface area contributed by atoms with Crippen LogP contribution in [0.15, 0.2) is 18.5 Å². The van der Waals surface area contributed by atoms with Crippen LogP contribution >= 0.6 is 11.6 Å². The molecule has 0 aliphatic carbocycles. The van der Waals surface area contributed by atoms with Crippen molar-refractivity contribution >= 4 is 34.4 Å². The zero-order valence-electron chi connectivity index (χ0n) is 11.7. The second-order valence-corrected chi connectivity index (χ2v) is 5.53. The Bertz CT molecular complexity index is 657. The van der Waals surface area contributed by atoms with E-state index in [2.05, 4.69) is 15.3 Å². The van der Waals surface area contributed by atoms with Crippen molar-refractivity contribution in [1.82, 2.24) is 14.9 Å². The van der Waals surface area contributed by atoms with E-state index in [1.165, 1.54) is 7.11 Å². The number of hydrogen-bond acceptors (Lipinski definition) is 4. The van der Waals surface area contributed by atoms with Gasteiger partial charge in [0.1, 0.15) is 5.65 Å². The summed E-state index contributed by atoms with van der Waals surface area (Å²) >= 11 is 6.26. The molecule has 1 unspecified atom stereocenters. The van der Waals surface area contributed by atoms with Crippen LogP contribution in [0.2, 0.25) is 5.02 Å². The van der Waals surface area contributed by atoms with Crippen LogP contribution in [-0.4, -0.2) is 47.2 Å². The second-order valence-electron chi connectivity index (χ2n) is 5.12. The number of pyridine rings is 1. The molecule has 0 spiro atoms. The van der Waals surface area contributed by atoms with Crippen molar-refractivity contribution in [2.45, 2.75) is 18.9 Å². The lowest BCUT2D eigenvalue weighted by molar-refractivity contribution is 0.113. The average molecular weight is 309 g/mol. The Morgan fingerprint density at radius 2 is 2.48 bits per heavy atom. The van der Waals surface area contributed by atoms with Crippen LogP contribution < -0.4 is 5.32 Å². The summed E-state index contributed by atoms with van der Waals surface area (Å²) in [4.78, 5) is 20.7. The molecule has 0 radical (unpaired) electrons. The lowest BCUT2D eigenvalue weighted by Crippen LogP contribution is -2.45. The number of piperidine rings is 1. The third-order valence-electron chi connectivity index (χ3n) is 3.74. The molecule has 21 heavy (non-hydrogen) atoms. The highest BCUT2D eigenvalue weighted by molar-refractivity contribution is 6.34. The minimum atomic E-state index is -0.283. The van der Waals surface area contributed by atoms with E-state index in [1.54, 1.807) is 11.1 Å². The van der Waals surface area contributed by atoms with Gasteiger partial charge in [-0.1, -0.05) is 11.6 Å². The Morgan fingerprint density at radius 3 is 3.29 bits per heavy atom. The van der Waals surface area contributed by atoms with Crippen molar-refractivity contribution in [2.75, 3.05) is 25.5 Å². The van der Waals surface area contributed by atoms with Crippen LogP contribution in [0.25, 0.3) is 11.0 Å². The van der Waals surface area contributed by atoms with Crippen LogP contribution in [-0.2, 0) is 4.74 Å². The van der Waals surface area contributed by atoms with Crippen molar-refractivity contribution in [2.24, 2.45) is 0 Å². The van der Waals surface area contributed by atoms with Gasteiger partial charge in [-0.05, 0) is 18.9 Å². The SMILES string of the molecule is COC(=O)N1CCCC(Nc2c(Cl)cnc3[nH]ccc23)C1. The Hall–Kier alpha value is -1.95. The fourth-order valence-electron chi connectivity index (χ4n) is 2.72. The van der Waals surface area contributed by atoms with Crippen molar-refractivity contribution < 1.29 is 9.53 Å². The summed E-state index contributed by atoms with van der Waals surface area (Å²) in [6, 6.07) is 2.09. The van der Waals surface area contributed by atoms with E-state index >= 15 is 0 Å². The first-order valence-corrected chi connectivity index (χ1v) is 7.28. The van der Waals surface area contributed by atoms with Gasteiger partial charge in [-0.25, -0.2) is 9.78 Å². The minimum absolute atomic E-state index is 0.149. The molecule has 1 saturated heterocycles. The highest BCUT2D eigenvalue weighted by atomic mass is 35.5. The number of ether oxygens (including phenoxy) is 1. The number of hydrogen-bond donors (Lipinski definition) is 2. The topological polar surface area (TPSA) is 70.2 Å². The number of aromatic nitrogens is 2. The Balaban J connectivity index is 1.80. The maximum Gasteiger partial charge on any atom is 0.409 e. The fraction of sp³-hybridized carbons (Fsp3) is 0.429. The van der Waals surface area contributed by atoms with Crippen LogP contribution in [0, 0.1) is 0 Å². The quantitative estimate of drug-likeness (QED) is 0.895. The first-order valence-electron chi connectivity index (χ1n) is 6.90. The number of halogens is 1. The van der Waals surface area contributed by atoms with E-state index in [4.69, 9.17) is 16.3 Å². The standard InChI is InChI=1S/C14H17ClN4O2/c1-21-14(20)19-6-2-3-9(8-19)18-12-10-4-5-16-13(10)17-7-11(12)15/h4-5,7,9H,2-3,6,8H2,1H3,(H2,16,17,18). The van der Waals surface area contributed by atoms with Crippen molar-refractivity contribution in [3.05, 3.63) is 23.5 Å². The molecule has 2 N–H and O–H groups in total. The van der Waals surface area contributed by atoms with Gasteiger partial charge in [0, 0.05) is 30.7 Å². The first kappa shape index (κ1) is 14.0. The van der Waals surface area contributed by atoms with E-state index < -0.39 is 0 Å². The number of carbonyl (C=O) groups is 1. The highest BCUT2D eigenvalue weighted by Crippen LogP contribution is 2.30. The molecule has 1 aliphatic rings. The summed E-state index contributed by atoms with van der Waals surface area (Å²) in [7, 11) is 1.41. The number of aromatic amines is 1. The summed E-state index contributed by atoms with van der Waals surface area (Å²) in [6.45, 7) is 1.34. The molecule has 0 saturated carbocycles. The number of methoxy groups -OCH3 is 1. The lowest BCUT2D eigenvalue weighted by atomic mass is 10.1. The largest absolute Gasteiger partial charge is 0.453 e. The summed E-state index contributed by atoms with van der Waals surface area (Å²) in [5.74, 6) is 0. The molecule has 1 fully saturated rings. The molecular formula is C14H17ClN4O2. The molecule has 3 heterocycles. The van der Waals surface area contributed by atoms with E-state index in [0.29, 0.717) is 11.6 Å². The van der Waals surface area contributed by atoms with Crippen LogP contribution in [0.3, 0.4) is 0 Å². The molecule has 1 atom stereocenters. The first-order chi connectivity index (χ1) is 10.2. The number of H-pyrrole nitrogens is 1.